The zero-order valence-electron chi connectivity index (χ0n) is 22.1. The Labute approximate surface area is 245 Å². The van der Waals surface area contributed by atoms with Crippen LogP contribution in [0.25, 0.3) is 11.1 Å². The Hall–Kier alpha value is -4.39. The predicted octanol–water partition coefficient (Wildman–Crippen LogP) is 7.56. The van der Waals surface area contributed by atoms with Crippen LogP contribution in [0.15, 0.2) is 138 Å². The van der Waals surface area contributed by atoms with Crippen molar-refractivity contribution in [2.75, 3.05) is 6.61 Å². The van der Waals surface area contributed by atoms with Crippen molar-refractivity contribution >= 4 is 38.7 Å². The molecule has 206 valence electrons. The number of amides is 1. The fourth-order valence-electron chi connectivity index (χ4n) is 4.66. The number of allylic oxidation sites excluding steroid dienone is 10. The van der Waals surface area contributed by atoms with Crippen LogP contribution in [-0.2, 0) is 10.0 Å². The van der Waals surface area contributed by atoms with Crippen molar-refractivity contribution in [1.29, 1.82) is 0 Å². The molecule has 0 atom stereocenters. The fourth-order valence-corrected chi connectivity index (χ4v) is 5.82. The third-order valence-corrected chi connectivity index (χ3v) is 8.23. The Kier molecular flexibility index (Phi) is 8.82. The van der Waals surface area contributed by atoms with Gasteiger partial charge >= 0.3 is 0 Å². The quantitative estimate of drug-likeness (QED) is 0.298. The van der Waals surface area contributed by atoms with Crippen LogP contribution in [0.2, 0.25) is 5.02 Å². The van der Waals surface area contributed by atoms with Crippen LogP contribution in [0.1, 0.15) is 27.9 Å². The lowest BCUT2D eigenvalue weighted by Gasteiger charge is -2.19. The van der Waals surface area contributed by atoms with Crippen LogP contribution in [0.5, 0.6) is 5.75 Å². The van der Waals surface area contributed by atoms with Gasteiger partial charge in [-0.1, -0.05) is 109 Å². The van der Waals surface area contributed by atoms with E-state index < -0.39 is 15.9 Å². The van der Waals surface area contributed by atoms with Crippen molar-refractivity contribution in [3.63, 3.8) is 0 Å². The molecular weight excluding hydrogens is 554 g/mol. The number of nitrogens with one attached hydrogen (secondary N) is 1. The largest absolute Gasteiger partial charge is 0.492 e. The van der Waals surface area contributed by atoms with E-state index in [2.05, 4.69) is 16.9 Å². The summed E-state index contributed by atoms with van der Waals surface area (Å²) < 4.78 is 34.4. The molecule has 1 N–H and O–H groups in total. The lowest BCUT2D eigenvalue weighted by atomic mass is 9.89. The molecule has 0 saturated heterocycles. The molecule has 5 rings (SSSR count). The van der Waals surface area contributed by atoms with Crippen molar-refractivity contribution in [3.05, 3.63) is 155 Å². The number of benzene rings is 3. The predicted molar refractivity (Wildman–Crippen MR) is 165 cm³/mol. The van der Waals surface area contributed by atoms with E-state index >= 15 is 0 Å². The molecule has 0 spiro atoms. The van der Waals surface area contributed by atoms with Gasteiger partial charge in [-0.15, -0.1) is 0 Å². The van der Waals surface area contributed by atoms with Gasteiger partial charge in [-0.05, 0) is 59.5 Å². The van der Waals surface area contributed by atoms with E-state index in [1.807, 2.05) is 72.9 Å². The molecule has 3 aromatic carbocycles. The standard InChI is InChI=1S/C34H28ClNO4S/c35-26-21-22-33(40-24-25-13-5-1-2-6-14-25)32(23-26)30-18-10-4-9-17-28(30)29-19-11-12-20-31(29)34(37)36-41(38,39)27-15-7-3-8-16-27/h1-16,18-23,25H,17,24H2,(H,36,37). The Morgan fingerprint density at radius 1 is 0.854 bits per heavy atom. The van der Waals surface area contributed by atoms with Crippen molar-refractivity contribution in [1.82, 2.24) is 4.72 Å². The third-order valence-electron chi connectivity index (χ3n) is 6.65. The van der Waals surface area contributed by atoms with Crippen LogP contribution in [-0.4, -0.2) is 20.9 Å². The average Bonchev–Trinajstić information content (AvgIpc) is 3.40. The van der Waals surface area contributed by atoms with Crippen LogP contribution in [0.3, 0.4) is 0 Å². The Morgan fingerprint density at radius 2 is 1.59 bits per heavy atom. The van der Waals surface area contributed by atoms with Gasteiger partial charge in [0.2, 0.25) is 0 Å². The molecule has 5 nitrogen and oxygen atoms in total. The lowest BCUT2D eigenvalue weighted by molar-refractivity contribution is 0.0981. The number of sulfonamides is 1. The highest BCUT2D eigenvalue weighted by atomic mass is 35.5. The highest BCUT2D eigenvalue weighted by Gasteiger charge is 2.23. The van der Waals surface area contributed by atoms with Crippen LogP contribution in [0.4, 0.5) is 0 Å². The second-order valence-corrected chi connectivity index (χ2v) is 11.6. The zero-order chi connectivity index (χ0) is 28.7. The number of carbonyl (C=O) groups excluding carboxylic acids is 1. The molecular formula is C34H28ClNO4S. The van der Waals surface area contributed by atoms with Crippen molar-refractivity contribution < 1.29 is 17.9 Å². The minimum atomic E-state index is -4.06. The molecule has 3 aromatic rings. The summed E-state index contributed by atoms with van der Waals surface area (Å²) in [6, 6.07) is 20.3. The van der Waals surface area contributed by atoms with Crippen LogP contribution < -0.4 is 9.46 Å². The number of ether oxygens (including phenoxy) is 1. The highest BCUT2D eigenvalue weighted by molar-refractivity contribution is 7.90. The number of rotatable bonds is 8. The van der Waals surface area contributed by atoms with E-state index in [0.29, 0.717) is 29.4 Å². The van der Waals surface area contributed by atoms with Crippen molar-refractivity contribution in [2.45, 2.75) is 11.3 Å². The minimum Gasteiger partial charge on any atom is -0.492 e. The molecule has 0 aliphatic heterocycles. The van der Waals surface area contributed by atoms with Gasteiger partial charge in [0.25, 0.3) is 15.9 Å². The third kappa shape index (κ3) is 6.85. The molecule has 2 aliphatic carbocycles. The molecule has 0 bridgehead atoms. The first-order valence-corrected chi connectivity index (χ1v) is 15.0. The summed E-state index contributed by atoms with van der Waals surface area (Å²) in [7, 11) is -4.06. The molecule has 1 amide bonds. The number of carbonyl (C=O) groups is 1. The van der Waals surface area contributed by atoms with Gasteiger partial charge in [-0.2, -0.15) is 0 Å². The summed E-state index contributed by atoms with van der Waals surface area (Å²) in [5.41, 5.74) is 3.30. The molecule has 0 heterocycles. The zero-order valence-corrected chi connectivity index (χ0v) is 23.7. The van der Waals surface area contributed by atoms with Gasteiger partial charge in [0.05, 0.1) is 11.5 Å². The summed E-state index contributed by atoms with van der Waals surface area (Å²) in [4.78, 5) is 13.5. The molecule has 0 fully saturated rings. The minimum absolute atomic E-state index is 0.0147. The maximum absolute atomic E-state index is 13.4. The highest BCUT2D eigenvalue weighted by Crippen LogP contribution is 2.39. The van der Waals surface area contributed by atoms with Gasteiger partial charge in [-0.3, -0.25) is 4.79 Å². The smallest absolute Gasteiger partial charge is 0.265 e. The average molecular weight is 582 g/mol. The van der Waals surface area contributed by atoms with Crippen LogP contribution >= 0.6 is 11.6 Å². The first-order chi connectivity index (χ1) is 19.9. The molecule has 0 radical (unpaired) electrons. The second-order valence-electron chi connectivity index (χ2n) is 9.45. The Balaban J connectivity index is 1.55. The number of hydrogen-bond donors (Lipinski definition) is 1. The molecule has 41 heavy (non-hydrogen) atoms. The number of hydrogen-bond acceptors (Lipinski definition) is 4. The summed E-state index contributed by atoms with van der Waals surface area (Å²) >= 11 is 6.47. The first-order valence-electron chi connectivity index (χ1n) is 13.1. The summed E-state index contributed by atoms with van der Waals surface area (Å²) in [5.74, 6) is 0.0435. The van der Waals surface area contributed by atoms with Gasteiger partial charge in [0, 0.05) is 22.1 Å². The molecule has 0 aromatic heterocycles. The normalized spacial score (nSPS) is 15.0. The van der Waals surface area contributed by atoms with Crippen LogP contribution in [0, 0.1) is 5.92 Å². The summed E-state index contributed by atoms with van der Waals surface area (Å²) in [5, 5.41) is 0.545. The maximum atomic E-state index is 13.4. The van der Waals surface area contributed by atoms with Gasteiger partial charge < -0.3 is 4.74 Å². The SMILES string of the molecule is O=C(NS(=O)(=O)c1ccccc1)c1ccccc1C1=C(c2cc(Cl)ccc2OCC2C=CC=CC=C2)C=CC=CC1. The topological polar surface area (TPSA) is 72.5 Å². The maximum Gasteiger partial charge on any atom is 0.265 e. The summed E-state index contributed by atoms with van der Waals surface area (Å²) in [6.45, 7) is 0.435. The first kappa shape index (κ1) is 28.1. The summed E-state index contributed by atoms with van der Waals surface area (Å²) in [6.07, 6.45) is 20.4. The fraction of sp³-hybridized carbons (Fsp3) is 0.0882. The van der Waals surface area contributed by atoms with E-state index in [-0.39, 0.29) is 16.4 Å². The van der Waals surface area contributed by atoms with E-state index in [4.69, 9.17) is 16.3 Å². The molecule has 7 heteroatoms. The monoisotopic (exact) mass is 581 g/mol. The van der Waals surface area contributed by atoms with E-state index in [0.717, 1.165) is 16.7 Å². The second kappa shape index (κ2) is 12.9. The molecule has 0 saturated carbocycles. The van der Waals surface area contributed by atoms with E-state index in [9.17, 15) is 13.2 Å². The van der Waals surface area contributed by atoms with Gasteiger partial charge in [-0.25, -0.2) is 13.1 Å². The van der Waals surface area contributed by atoms with Crippen molar-refractivity contribution in [2.24, 2.45) is 5.92 Å². The van der Waals surface area contributed by atoms with Crippen molar-refractivity contribution in [3.8, 4) is 5.75 Å². The van der Waals surface area contributed by atoms with Gasteiger partial charge in [0.1, 0.15) is 5.75 Å². The Bertz CT molecular complexity index is 1720. The van der Waals surface area contributed by atoms with E-state index in [1.54, 1.807) is 36.4 Å². The molecule has 0 unspecified atom stereocenters. The number of halogens is 1. The van der Waals surface area contributed by atoms with Gasteiger partial charge in [0.15, 0.2) is 0 Å². The van der Waals surface area contributed by atoms with E-state index in [1.165, 1.54) is 12.1 Å². The molecule has 2 aliphatic rings. The Morgan fingerprint density at radius 3 is 2.37 bits per heavy atom. The lowest BCUT2D eigenvalue weighted by Crippen LogP contribution is -2.31.